The van der Waals surface area contributed by atoms with E-state index < -0.39 is 13.7 Å². The van der Waals surface area contributed by atoms with Crippen LogP contribution in [0, 0.1) is 23.3 Å². The zero-order valence-electron chi connectivity index (χ0n) is 14.0. The van der Waals surface area contributed by atoms with Crippen LogP contribution in [0.15, 0.2) is 23.3 Å². The first-order valence-electron chi connectivity index (χ1n) is 7.71. The number of allylic oxidation sites excluding steroid dienone is 3. The summed E-state index contributed by atoms with van der Waals surface area (Å²) < 4.78 is 5.35. The van der Waals surface area contributed by atoms with E-state index in [2.05, 4.69) is 43.3 Å². The maximum absolute atomic E-state index is 11.1. The predicted molar refractivity (Wildman–Crippen MR) is 89.3 cm³/mol. The highest BCUT2D eigenvalue weighted by molar-refractivity contribution is 6.83. The van der Waals surface area contributed by atoms with Gasteiger partial charge in [0.15, 0.2) is 0 Å². The van der Waals surface area contributed by atoms with Crippen LogP contribution in [0.25, 0.3) is 0 Å². The molecular weight excluding hydrogens is 276 g/mol. The van der Waals surface area contributed by atoms with E-state index in [-0.39, 0.29) is 5.97 Å². The minimum atomic E-state index is -1.30. The topological polar surface area (TPSA) is 26.3 Å². The summed E-state index contributed by atoms with van der Waals surface area (Å²) in [6, 6.07) is 0. The number of hydrogen-bond acceptors (Lipinski definition) is 2. The van der Waals surface area contributed by atoms with Gasteiger partial charge in [0, 0.05) is 12.8 Å². The molecule has 3 heteroatoms. The van der Waals surface area contributed by atoms with Crippen molar-refractivity contribution in [1.29, 1.82) is 0 Å². The molecule has 21 heavy (non-hydrogen) atoms. The molecule has 2 aliphatic rings. The van der Waals surface area contributed by atoms with Crippen LogP contribution in [0.4, 0.5) is 0 Å². The highest BCUT2D eigenvalue weighted by Gasteiger charge is 2.40. The molecule has 2 atom stereocenters. The summed E-state index contributed by atoms with van der Waals surface area (Å²) in [7, 11) is -1.30. The Kier molecular flexibility index (Phi) is 4.21. The summed E-state index contributed by atoms with van der Waals surface area (Å²) in [6.07, 6.45) is 6.69. The molecule has 0 amide bonds. The zero-order valence-corrected chi connectivity index (χ0v) is 15.0. The third-order valence-corrected chi connectivity index (χ3v) is 4.71. The van der Waals surface area contributed by atoms with Gasteiger partial charge in [0.05, 0.1) is 0 Å². The van der Waals surface area contributed by atoms with Gasteiger partial charge in [-0.2, -0.15) is 0 Å². The average Bonchev–Trinajstić information content (AvgIpc) is 2.58. The van der Waals surface area contributed by atoms with Gasteiger partial charge in [-0.1, -0.05) is 37.2 Å². The Morgan fingerprint density at radius 2 is 2.05 bits per heavy atom. The normalized spacial score (nSPS) is 26.4. The Morgan fingerprint density at radius 3 is 2.62 bits per heavy atom. The second kappa shape index (κ2) is 5.49. The van der Waals surface area contributed by atoms with Crippen molar-refractivity contribution < 1.29 is 9.53 Å². The standard InChI is InChI=1S/C18H26O2Si/c1-13(19)20-18(2,3)12-16-11-15-9-14(10-17(15)16)7-8-21(4,5)6/h10,12,15,17H,9,11H2,1-6H3/t15-,17-/m1/s1. The molecule has 0 radical (unpaired) electrons. The number of carbonyl (C=O) groups is 1. The van der Waals surface area contributed by atoms with Gasteiger partial charge in [-0.15, -0.1) is 5.54 Å². The van der Waals surface area contributed by atoms with Crippen LogP contribution in [-0.2, 0) is 9.53 Å². The van der Waals surface area contributed by atoms with Crippen LogP contribution in [0.1, 0.15) is 33.6 Å². The van der Waals surface area contributed by atoms with Crippen molar-refractivity contribution in [2.75, 3.05) is 0 Å². The third-order valence-electron chi connectivity index (χ3n) is 3.83. The molecule has 2 nitrogen and oxygen atoms in total. The molecule has 1 saturated carbocycles. The molecule has 0 unspecified atom stereocenters. The largest absolute Gasteiger partial charge is 0.456 e. The Hall–Kier alpha value is -1.27. The number of ether oxygens (including phenoxy) is 1. The van der Waals surface area contributed by atoms with E-state index in [9.17, 15) is 4.79 Å². The SMILES string of the molecule is CC(=O)OC(C)(C)C=C1C[C@H]2CC(C#C[Si](C)(C)C)=C[C@@H]12. The lowest BCUT2D eigenvalue weighted by molar-refractivity contribution is -0.149. The first-order chi connectivity index (χ1) is 9.56. The summed E-state index contributed by atoms with van der Waals surface area (Å²) in [6.45, 7) is 12.2. The van der Waals surface area contributed by atoms with E-state index in [1.807, 2.05) is 13.8 Å². The van der Waals surface area contributed by atoms with Crippen molar-refractivity contribution >= 4 is 14.0 Å². The summed E-state index contributed by atoms with van der Waals surface area (Å²) in [5, 5.41) is 0. The molecular formula is C18H26O2Si. The van der Waals surface area contributed by atoms with Gasteiger partial charge in [-0.3, -0.25) is 4.79 Å². The molecule has 114 valence electrons. The fourth-order valence-electron chi connectivity index (χ4n) is 3.08. The second-order valence-electron chi connectivity index (χ2n) is 7.80. The van der Waals surface area contributed by atoms with E-state index in [1.54, 1.807) is 0 Å². The Morgan fingerprint density at radius 1 is 1.38 bits per heavy atom. The van der Waals surface area contributed by atoms with E-state index in [1.165, 1.54) is 18.1 Å². The number of hydrogen-bond donors (Lipinski definition) is 0. The molecule has 2 rings (SSSR count). The molecule has 0 spiro atoms. The maximum Gasteiger partial charge on any atom is 0.303 e. The molecule has 0 heterocycles. The van der Waals surface area contributed by atoms with Gasteiger partial charge in [-0.05, 0) is 44.3 Å². The minimum Gasteiger partial charge on any atom is -0.456 e. The summed E-state index contributed by atoms with van der Waals surface area (Å²) >= 11 is 0. The number of esters is 1. The molecule has 0 saturated heterocycles. The van der Waals surface area contributed by atoms with Crippen molar-refractivity contribution in [2.24, 2.45) is 11.8 Å². The van der Waals surface area contributed by atoms with Gasteiger partial charge >= 0.3 is 5.97 Å². The van der Waals surface area contributed by atoms with Gasteiger partial charge in [0.25, 0.3) is 0 Å². The fourth-order valence-corrected chi connectivity index (χ4v) is 3.62. The lowest BCUT2D eigenvalue weighted by atomic mass is 9.70. The molecule has 0 N–H and O–H groups in total. The summed E-state index contributed by atoms with van der Waals surface area (Å²) in [5.74, 6) is 4.41. The van der Waals surface area contributed by atoms with Gasteiger partial charge in [-0.25, -0.2) is 0 Å². The van der Waals surface area contributed by atoms with Crippen LogP contribution in [-0.4, -0.2) is 19.6 Å². The summed E-state index contributed by atoms with van der Waals surface area (Å²) in [4.78, 5) is 11.1. The van der Waals surface area contributed by atoms with Crippen molar-refractivity contribution in [3.8, 4) is 11.5 Å². The van der Waals surface area contributed by atoms with E-state index in [0.717, 1.165) is 18.8 Å². The van der Waals surface area contributed by atoms with E-state index >= 15 is 0 Å². The third kappa shape index (κ3) is 4.34. The lowest BCUT2D eigenvalue weighted by Crippen LogP contribution is -2.30. The number of fused-ring (bicyclic) bond motifs is 1. The fraction of sp³-hybridized carbons (Fsp3) is 0.611. The highest BCUT2D eigenvalue weighted by Crippen LogP contribution is 2.50. The van der Waals surface area contributed by atoms with Crippen molar-refractivity contribution in [3.05, 3.63) is 23.3 Å². The number of carbonyl (C=O) groups excluding carboxylic acids is 1. The van der Waals surface area contributed by atoms with Crippen LogP contribution in [0.5, 0.6) is 0 Å². The Bertz CT molecular complexity index is 564. The van der Waals surface area contributed by atoms with Gasteiger partial charge < -0.3 is 4.74 Å². The monoisotopic (exact) mass is 302 g/mol. The zero-order chi connectivity index (χ0) is 15.8. The van der Waals surface area contributed by atoms with Crippen LogP contribution >= 0.6 is 0 Å². The molecule has 2 aliphatic carbocycles. The maximum atomic E-state index is 11.1. The van der Waals surface area contributed by atoms with Gasteiger partial charge in [0.1, 0.15) is 13.7 Å². The van der Waals surface area contributed by atoms with Crippen LogP contribution in [0.2, 0.25) is 19.6 Å². The van der Waals surface area contributed by atoms with E-state index in [4.69, 9.17) is 4.74 Å². The van der Waals surface area contributed by atoms with Crippen molar-refractivity contribution in [1.82, 2.24) is 0 Å². The molecule has 1 fully saturated rings. The first kappa shape index (κ1) is 16.1. The van der Waals surface area contributed by atoms with Crippen LogP contribution < -0.4 is 0 Å². The number of rotatable bonds is 2. The van der Waals surface area contributed by atoms with Crippen molar-refractivity contribution in [2.45, 2.75) is 58.9 Å². The smallest absolute Gasteiger partial charge is 0.303 e. The van der Waals surface area contributed by atoms with Crippen LogP contribution in [0.3, 0.4) is 0 Å². The van der Waals surface area contributed by atoms with E-state index in [0.29, 0.717) is 5.92 Å². The molecule has 0 bridgehead atoms. The average molecular weight is 302 g/mol. The van der Waals surface area contributed by atoms with Crippen molar-refractivity contribution in [3.63, 3.8) is 0 Å². The first-order valence-corrected chi connectivity index (χ1v) is 11.2. The Labute approximate surface area is 129 Å². The molecule has 0 aliphatic heterocycles. The minimum absolute atomic E-state index is 0.226. The predicted octanol–water partition coefficient (Wildman–Crippen LogP) is 4.10. The Balaban J connectivity index is 2.07. The molecule has 0 aromatic heterocycles. The quantitative estimate of drug-likeness (QED) is 0.332. The lowest BCUT2D eigenvalue weighted by Gasteiger charge is -2.36. The second-order valence-corrected chi connectivity index (χ2v) is 12.6. The molecule has 0 aromatic carbocycles. The summed E-state index contributed by atoms with van der Waals surface area (Å²) in [5.41, 5.74) is 5.65. The van der Waals surface area contributed by atoms with Gasteiger partial charge in [0.2, 0.25) is 0 Å². The highest BCUT2D eigenvalue weighted by atomic mass is 28.3. The molecule has 0 aromatic rings.